The summed E-state index contributed by atoms with van der Waals surface area (Å²) in [7, 11) is 1.67. The molecule has 0 saturated carbocycles. The standard InChI is InChI=1S/C13H11IN3O/c1-18-17-8-12(14)15-7-11(17)13(16-9-17)10-5-3-2-4-6-10/h2-9H,1H3/q+1. The van der Waals surface area contributed by atoms with Crippen molar-refractivity contribution in [2.24, 2.45) is 9.98 Å². The van der Waals surface area contributed by atoms with Crippen molar-refractivity contribution in [1.29, 1.82) is 0 Å². The summed E-state index contributed by atoms with van der Waals surface area (Å²) in [6.07, 6.45) is 5.53. The number of fused-ring (bicyclic) bond motifs is 1. The maximum Gasteiger partial charge on any atom is 0.234 e. The highest BCUT2D eigenvalue weighted by atomic mass is 127. The van der Waals surface area contributed by atoms with Crippen molar-refractivity contribution >= 4 is 40.8 Å². The van der Waals surface area contributed by atoms with Crippen LogP contribution in [0.4, 0.5) is 0 Å². The van der Waals surface area contributed by atoms with Crippen LogP contribution in [0.1, 0.15) is 5.56 Å². The van der Waals surface area contributed by atoms with Gasteiger partial charge in [-0.25, -0.2) is 4.99 Å². The van der Waals surface area contributed by atoms with Crippen molar-refractivity contribution in [3.05, 3.63) is 51.5 Å². The second-order valence-electron chi connectivity index (χ2n) is 3.95. The first kappa shape index (κ1) is 11.8. The quantitative estimate of drug-likeness (QED) is 0.458. The number of hydrogen-bond acceptors (Lipinski definition) is 3. The average molecular weight is 352 g/mol. The third-order valence-electron chi connectivity index (χ3n) is 2.94. The maximum atomic E-state index is 5.58. The largest absolute Gasteiger partial charge is 0.238 e. The molecule has 0 amide bonds. The molecule has 0 bridgehead atoms. The summed E-state index contributed by atoms with van der Waals surface area (Å²) in [5.41, 5.74) is 2.91. The molecule has 1 aromatic carbocycles. The van der Waals surface area contributed by atoms with Crippen LogP contribution in [0.25, 0.3) is 5.70 Å². The van der Waals surface area contributed by atoms with Crippen LogP contribution in [0, 0.1) is 0 Å². The number of halogens is 1. The molecule has 2 heterocycles. The monoisotopic (exact) mass is 352 g/mol. The Morgan fingerprint density at radius 1 is 1.17 bits per heavy atom. The molecule has 2 aliphatic rings. The number of hydroxylamine groups is 3. The highest BCUT2D eigenvalue weighted by molar-refractivity contribution is 14.1. The Bertz CT molecular complexity index is 604. The van der Waals surface area contributed by atoms with E-state index in [1.165, 1.54) is 0 Å². The van der Waals surface area contributed by atoms with Gasteiger partial charge in [-0.05, 0) is 22.6 Å². The van der Waals surface area contributed by atoms with Gasteiger partial charge in [-0.3, -0.25) is 0 Å². The lowest BCUT2D eigenvalue weighted by atomic mass is 10.1. The predicted octanol–water partition coefficient (Wildman–Crippen LogP) is 3.09. The Kier molecular flexibility index (Phi) is 2.89. The molecule has 2 aliphatic heterocycles. The highest BCUT2D eigenvalue weighted by Crippen LogP contribution is 2.35. The molecular formula is C13H11IN3O+. The minimum absolute atomic E-state index is 0.173. The van der Waals surface area contributed by atoms with Crippen LogP contribution < -0.4 is 0 Å². The fourth-order valence-corrected chi connectivity index (χ4v) is 2.58. The molecule has 4 nitrogen and oxygen atoms in total. The first-order valence-corrected chi connectivity index (χ1v) is 6.55. The van der Waals surface area contributed by atoms with Gasteiger partial charge in [0.1, 0.15) is 5.70 Å². The first-order valence-electron chi connectivity index (χ1n) is 5.47. The molecule has 1 aromatic rings. The van der Waals surface area contributed by atoms with Gasteiger partial charge in [0.2, 0.25) is 12.0 Å². The van der Waals surface area contributed by atoms with Gasteiger partial charge in [-0.1, -0.05) is 35.0 Å². The van der Waals surface area contributed by atoms with E-state index in [1.54, 1.807) is 13.4 Å². The van der Waals surface area contributed by atoms with Gasteiger partial charge in [0, 0.05) is 5.56 Å². The molecule has 0 radical (unpaired) electrons. The summed E-state index contributed by atoms with van der Waals surface area (Å²) in [6, 6.07) is 10.1. The zero-order chi connectivity index (χ0) is 12.6. The van der Waals surface area contributed by atoms with E-state index in [0.717, 1.165) is 20.7 Å². The minimum Gasteiger partial charge on any atom is -0.238 e. The summed E-state index contributed by atoms with van der Waals surface area (Å²) in [4.78, 5) is 14.4. The van der Waals surface area contributed by atoms with E-state index in [-0.39, 0.29) is 4.65 Å². The number of hydrogen-bond donors (Lipinski definition) is 0. The molecule has 0 saturated heterocycles. The highest BCUT2D eigenvalue weighted by Gasteiger charge is 2.41. The third kappa shape index (κ3) is 1.75. The molecule has 5 heteroatoms. The van der Waals surface area contributed by atoms with E-state index in [9.17, 15) is 0 Å². The SMILES string of the molecule is CO[N+]12C=NC(c3ccccc3)=C1C=NC(I)=C2. The summed E-state index contributed by atoms with van der Waals surface area (Å²) < 4.78 is 1.06. The number of benzene rings is 1. The Morgan fingerprint density at radius 2 is 1.94 bits per heavy atom. The van der Waals surface area contributed by atoms with E-state index >= 15 is 0 Å². The van der Waals surface area contributed by atoms with Crippen LogP contribution in [-0.2, 0) is 4.84 Å². The van der Waals surface area contributed by atoms with E-state index < -0.39 is 0 Å². The van der Waals surface area contributed by atoms with E-state index in [2.05, 4.69) is 32.6 Å². The van der Waals surface area contributed by atoms with Crippen LogP contribution in [0.15, 0.2) is 55.9 Å². The van der Waals surface area contributed by atoms with Crippen molar-refractivity contribution in [3.63, 3.8) is 0 Å². The van der Waals surface area contributed by atoms with Crippen molar-refractivity contribution in [3.8, 4) is 0 Å². The lowest BCUT2D eigenvalue weighted by Crippen LogP contribution is -2.39. The Hall–Kier alpha value is -1.31. The Balaban J connectivity index is 2.16. The van der Waals surface area contributed by atoms with Gasteiger partial charge in [-0.2, -0.15) is 9.83 Å². The van der Waals surface area contributed by atoms with Crippen molar-refractivity contribution in [2.75, 3.05) is 7.11 Å². The van der Waals surface area contributed by atoms with E-state index in [4.69, 9.17) is 4.84 Å². The van der Waals surface area contributed by atoms with Crippen molar-refractivity contribution in [2.45, 2.75) is 0 Å². The third-order valence-corrected chi connectivity index (χ3v) is 3.49. The number of quaternary nitrogens is 1. The minimum atomic E-state index is 0.173. The molecule has 0 spiro atoms. The van der Waals surface area contributed by atoms with E-state index in [0.29, 0.717) is 0 Å². The van der Waals surface area contributed by atoms with Gasteiger partial charge >= 0.3 is 0 Å². The van der Waals surface area contributed by atoms with Gasteiger partial charge in [0.05, 0.1) is 13.3 Å². The lowest BCUT2D eigenvalue weighted by Gasteiger charge is -2.24. The summed E-state index contributed by atoms with van der Waals surface area (Å²) >= 11 is 2.17. The van der Waals surface area contributed by atoms with Crippen molar-refractivity contribution in [1.82, 2.24) is 0 Å². The van der Waals surface area contributed by atoms with Crippen LogP contribution in [-0.4, -0.2) is 24.3 Å². The number of rotatable bonds is 2. The molecule has 1 unspecified atom stereocenters. The maximum absolute atomic E-state index is 5.58. The second-order valence-corrected chi connectivity index (χ2v) is 5.05. The lowest BCUT2D eigenvalue weighted by molar-refractivity contribution is -0.947. The normalized spacial score (nSPS) is 25.3. The van der Waals surface area contributed by atoms with Gasteiger partial charge in [0.15, 0.2) is 9.90 Å². The first-order chi connectivity index (χ1) is 8.75. The zero-order valence-electron chi connectivity index (χ0n) is 9.75. The van der Waals surface area contributed by atoms with Crippen molar-refractivity contribution < 1.29 is 9.48 Å². The van der Waals surface area contributed by atoms with Crippen LogP contribution in [0.3, 0.4) is 0 Å². The fraction of sp³-hybridized carbons (Fsp3) is 0.0769. The molecule has 3 rings (SSSR count). The fourth-order valence-electron chi connectivity index (χ4n) is 2.02. The van der Waals surface area contributed by atoms with E-state index in [1.807, 2.05) is 42.7 Å². The van der Waals surface area contributed by atoms with Gasteiger partial charge in [0.25, 0.3) is 0 Å². The topological polar surface area (TPSA) is 34.0 Å². The smallest absolute Gasteiger partial charge is 0.234 e. The van der Waals surface area contributed by atoms with Gasteiger partial charge in [-0.15, -0.1) is 0 Å². The summed E-state index contributed by atoms with van der Waals surface area (Å²) in [6.45, 7) is 0. The van der Waals surface area contributed by atoms with Crippen LogP contribution in [0.5, 0.6) is 0 Å². The predicted molar refractivity (Wildman–Crippen MR) is 79.7 cm³/mol. The second kappa shape index (κ2) is 4.42. The molecule has 0 aromatic heterocycles. The summed E-state index contributed by atoms with van der Waals surface area (Å²) in [5.74, 6) is 0. The Labute approximate surface area is 119 Å². The molecule has 0 aliphatic carbocycles. The van der Waals surface area contributed by atoms with Gasteiger partial charge < -0.3 is 0 Å². The van der Waals surface area contributed by atoms with Crippen LogP contribution in [0.2, 0.25) is 0 Å². The molecular weight excluding hydrogens is 341 g/mol. The number of aliphatic imine (C=N–C) groups is 2. The molecule has 1 atom stereocenters. The Morgan fingerprint density at radius 3 is 2.67 bits per heavy atom. The molecule has 0 N–H and O–H groups in total. The zero-order valence-corrected chi connectivity index (χ0v) is 11.9. The molecule has 0 fully saturated rings. The van der Waals surface area contributed by atoms with Crippen LogP contribution >= 0.6 is 22.6 Å². The molecule has 90 valence electrons. The number of allylic oxidation sites excluding steroid dienone is 1. The molecule has 18 heavy (non-hydrogen) atoms. The number of nitrogens with zero attached hydrogens (tertiary/aromatic N) is 3. The summed E-state index contributed by atoms with van der Waals surface area (Å²) in [5, 5.41) is 0. The average Bonchev–Trinajstić information content (AvgIpc) is 2.79.